The second-order valence-electron chi connectivity index (χ2n) is 10.2. The maximum atomic E-state index is 13.1. The Hall–Kier alpha value is -3.94. The molecule has 190 valence electrons. The van der Waals surface area contributed by atoms with Crippen molar-refractivity contribution >= 4 is 28.4 Å². The van der Waals surface area contributed by atoms with Gasteiger partial charge in [0, 0.05) is 31.9 Å². The van der Waals surface area contributed by atoms with Crippen LogP contribution in [0, 0.1) is 20.8 Å². The molecule has 3 heterocycles. The van der Waals surface area contributed by atoms with Crippen LogP contribution in [0.15, 0.2) is 42.5 Å². The van der Waals surface area contributed by atoms with E-state index >= 15 is 0 Å². The molecule has 2 aliphatic rings. The number of hydrogen-bond acceptors (Lipinski definition) is 5. The first kappa shape index (κ1) is 23.5. The molecule has 37 heavy (non-hydrogen) atoms. The van der Waals surface area contributed by atoms with Gasteiger partial charge >= 0.3 is 6.03 Å². The molecule has 1 aliphatic heterocycles. The van der Waals surface area contributed by atoms with Gasteiger partial charge in [-0.25, -0.2) is 9.48 Å². The molecule has 2 aromatic carbocycles. The van der Waals surface area contributed by atoms with Gasteiger partial charge in [0.1, 0.15) is 5.52 Å². The van der Waals surface area contributed by atoms with E-state index in [9.17, 15) is 4.79 Å². The van der Waals surface area contributed by atoms with Gasteiger partial charge in [0.15, 0.2) is 5.82 Å². The van der Waals surface area contributed by atoms with E-state index in [2.05, 4.69) is 70.7 Å². The van der Waals surface area contributed by atoms with Crippen LogP contribution >= 0.6 is 0 Å². The van der Waals surface area contributed by atoms with Crippen molar-refractivity contribution in [2.24, 2.45) is 0 Å². The van der Waals surface area contributed by atoms with E-state index in [1.165, 1.54) is 29.5 Å². The summed E-state index contributed by atoms with van der Waals surface area (Å²) < 4.78 is 1.98. The lowest BCUT2D eigenvalue weighted by atomic mass is 9.90. The van der Waals surface area contributed by atoms with Crippen LogP contribution in [0.3, 0.4) is 0 Å². The number of aromatic nitrogens is 4. The van der Waals surface area contributed by atoms with E-state index in [0.29, 0.717) is 26.2 Å². The van der Waals surface area contributed by atoms with Gasteiger partial charge < -0.3 is 15.1 Å². The number of carbonyl (C=O) groups excluding carboxylic acids is 1. The summed E-state index contributed by atoms with van der Waals surface area (Å²) >= 11 is 0. The fraction of sp³-hybridized carbons (Fsp3) is 0.379. The molecule has 0 saturated carbocycles. The second kappa shape index (κ2) is 9.50. The van der Waals surface area contributed by atoms with Crippen LogP contribution in [0.4, 0.5) is 16.3 Å². The van der Waals surface area contributed by atoms with Gasteiger partial charge in [0.2, 0.25) is 0 Å². The SMILES string of the molecule is Cc1ccc(-n2nc3c(N4CCN(C(=O)Nc5cccc6c5CCCC6)CC4)nnc(C)c3c2C)cc1. The normalized spacial score (nSPS) is 15.6. The molecule has 1 N–H and O–H groups in total. The van der Waals surface area contributed by atoms with Gasteiger partial charge in [-0.2, -0.15) is 10.2 Å². The first-order valence-electron chi connectivity index (χ1n) is 13.2. The number of hydrogen-bond donors (Lipinski definition) is 1. The van der Waals surface area contributed by atoms with Gasteiger partial charge in [-0.1, -0.05) is 29.8 Å². The number of anilines is 2. The predicted molar refractivity (Wildman–Crippen MR) is 147 cm³/mol. The summed E-state index contributed by atoms with van der Waals surface area (Å²) in [5, 5.41) is 18.2. The largest absolute Gasteiger partial charge is 0.350 e. The van der Waals surface area contributed by atoms with Crippen molar-refractivity contribution in [2.45, 2.75) is 46.5 Å². The van der Waals surface area contributed by atoms with Crippen LogP contribution < -0.4 is 10.2 Å². The monoisotopic (exact) mass is 495 g/mol. The highest BCUT2D eigenvalue weighted by molar-refractivity contribution is 5.93. The lowest BCUT2D eigenvalue weighted by molar-refractivity contribution is 0.208. The number of amides is 2. The second-order valence-corrected chi connectivity index (χ2v) is 10.2. The third-order valence-corrected chi connectivity index (χ3v) is 7.77. The molecule has 2 amide bonds. The fourth-order valence-corrected chi connectivity index (χ4v) is 5.68. The third kappa shape index (κ3) is 4.30. The molecule has 0 unspecified atom stereocenters. The minimum Gasteiger partial charge on any atom is -0.350 e. The van der Waals surface area contributed by atoms with Crippen molar-refractivity contribution in [3.63, 3.8) is 0 Å². The number of urea groups is 1. The standard InChI is InChI=1S/C29H33N7O/c1-19-11-13-23(14-12-19)36-21(3)26-20(2)31-32-28(27(26)33-36)34-15-17-35(18-16-34)29(37)30-25-10-6-8-22-7-4-5-9-24(22)25/h6,8,10-14H,4-5,7,9,15-18H2,1-3H3,(H,30,37). The lowest BCUT2D eigenvalue weighted by Gasteiger charge is -2.35. The number of nitrogens with zero attached hydrogens (tertiary/aromatic N) is 6. The summed E-state index contributed by atoms with van der Waals surface area (Å²) in [6, 6.07) is 14.6. The highest BCUT2D eigenvalue weighted by Gasteiger charge is 2.26. The first-order valence-corrected chi connectivity index (χ1v) is 13.2. The number of carbonyl (C=O) groups is 1. The predicted octanol–water partition coefficient (Wildman–Crippen LogP) is 4.97. The third-order valence-electron chi connectivity index (χ3n) is 7.77. The van der Waals surface area contributed by atoms with Gasteiger partial charge in [0.05, 0.1) is 22.5 Å². The summed E-state index contributed by atoms with van der Waals surface area (Å²) in [7, 11) is 0. The van der Waals surface area contributed by atoms with Crippen LogP contribution in [0.2, 0.25) is 0 Å². The Kier molecular flexibility index (Phi) is 6.02. The van der Waals surface area contributed by atoms with Crippen molar-refractivity contribution in [1.29, 1.82) is 0 Å². The van der Waals surface area contributed by atoms with E-state index in [1.807, 2.05) is 22.6 Å². The van der Waals surface area contributed by atoms with E-state index in [0.717, 1.165) is 52.3 Å². The van der Waals surface area contributed by atoms with Crippen LogP contribution in [0.5, 0.6) is 0 Å². The van der Waals surface area contributed by atoms with Crippen molar-refractivity contribution in [1.82, 2.24) is 24.9 Å². The van der Waals surface area contributed by atoms with E-state index in [4.69, 9.17) is 5.10 Å². The van der Waals surface area contributed by atoms with Crippen LogP contribution in [-0.2, 0) is 12.8 Å². The Morgan fingerprint density at radius 2 is 1.65 bits per heavy atom. The summed E-state index contributed by atoms with van der Waals surface area (Å²) in [5.74, 6) is 0.784. The van der Waals surface area contributed by atoms with E-state index in [-0.39, 0.29) is 6.03 Å². The Morgan fingerprint density at radius 1 is 0.892 bits per heavy atom. The number of rotatable bonds is 3. The quantitative estimate of drug-likeness (QED) is 0.434. The van der Waals surface area contributed by atoms with Crippen molar-refractivity contribution < 1.29 is 4.79 Å². The molecular formula is C29H33N7O. The minimum atomic E-state index is -0.0294. The summed E-state index contributed by atoms with van der Waals surface area (Å²) in [5.41, 5.74) is 8.66. The molecule has 0 atom stereocenters. The lowest BCUT2D eigenvalue weighted by Crippen LogP contribution is -2.50. The summed E-state index contributed by atoms with van der Waals surface area (Å²) in [6.45, 7) is 8.76. The molecule has 6 rings (SSSR count). The maximum Gasteiger partial charge on any atom is 0.321 e. The Labute approximate surface area is 217 Å². The maximum absolute atomic E-state index is 13.1. The average molecular weight is 496 g/mol. The number of nitrogens with one attached hydrogen (secondary N) is 1. The fourth-order valence-electron chi connectivity index (χ4n) is 5.68. The smallest absolute Gasteiger partial charge is 0.321 e. The minimum absolute atomic E-state index is 0.0294. The highest BCUT2D eigenvalue weighted by atomic mass is 16.2. The van der Waals surface area contributed by atoms with E-state index < -0.39 is 0 Å². The molecule has 4 aromatic rings. The molecule has 2 aromatic heterocycles. The molecule has 0 bridgehead atoms. The molecule has 8 heteroatoms. The molecular weight excluding hydrogens is 462 g/mol. The van der Waals surface area contributed by atoms with Crippen molar-refractivity contribution in [3.05, 3.63) is 70.5 Å². The molecule has 8 nitrogen and oxygen atoms in total. The molecule has 0 radical (unpaired) electrons. The van der Waals surface area contributed by atoms with Gasteiger partial charge in [-0.15, -0.1) is 5.10 Å². The Balaban J connectivity index is 1.21. The summed E-state index contributed by atoms with van der Waals surface area (Å²) in [4.78, 5) is 17.2. The number of benzene rings is 2. The van der Waals surface area contributed by atoms with Gasteiger partial charge in [-0.3, -0.25) is 0 Å². The van der Waals surface area contributed by atoms with Crippen molar-refractivity contribution in [2.75, 3.05) is 36.4 Å². The number of aryl methyl sites for hydroxylation is 4. The zero-order valence-corrected chi connectivity index (χ0v) is 21.8. The van der Waals surface area contributed by atoms with Crippen LogP contribution in [0.1, 0.15) is 40.9 Å². The van der Waals surface area contributed by atoms with Crippen molar-refractivity contribution in [3.8, 4) is 5.69 Å². The molecule has 1 saturated heterocycles. The molecule has 1 aliphatic carbocycles. The molecule has 0 spiro atoms. The number of fused-ring (bicyclic) bond motifs is 2. The number of piperazine rings is 1. The van der Waals surface area contributed by atoms with Crippen LogP contribution in [-0.4, -0.2) is 57.1 Å². The average Bonchev–Trinajstić information content (AvgIpc) is 3.27. The molecule has 1 fully saturated rings. The first-order chi connectivity index (χ1) is 18.0. The van der Waals surface area contributed by atoms with E-state index in [1.54, 1.807) is 0 Å². The Morgan fingerprint density at radius 3 is 2.43 bits per heavy atom. The van der Waals surface area contributed by atoms with Gasteiger partial charge in [0.25, 0.3) is 0 Å². The zero-order chi connectivity index (χ0) is 25.5. The zero-order valence-electron chi connectivity index (χ0n) is 21.8. The van der Waals surface area contributed by atoms with Gasteiger partial charge in [-0.05, 0) is 75.8 Å². The highest BCUT2D eigenvalue weighted by Crippen LogP contribution is 2.31. The van der Waals surface area contributed by atoms with Crippen LogP contribution in [0.25, 0.3) is 16.6 Å². The topological polar surface area (TPSA) is 79.2 Å². The Bertz CT molecular complexity index is 1470. The summed E-state index contributed by atoms with van der Waals surface area (Å²) in [6.07, 6.45) is 4.55.